The zero-order chi connectivity index (χ0) is 15.1. The van der Waals surface area contributed by atoms with E-state index in [1.54, 1.807) is 24.3 Å². The Morgan fingerprint density at radius 2 is 1.71 bits per heavy atom. The lowest BCUT2D eigenvalue weighted by Gasteiger charge is -2.05. The molecule has 4 nitrogen and oxygen atoms in total. The Kier molecular flexibility index (Phi) is 5.40. The standard InChI is InChI=1S/C16H15NO3S/c1-12(18)17-14-7-9-15(10-8-14)21-16(19)20-11-13-5-3-2-4-6-13/h2-10H,11H2,1H3,(H,17,18). The highest BCUT2D eigenvalue weighted by Crippen LogP contribution is 2.22. The van der Waals surface area contributed by atoms with Crippen molar-refractivity contribution < 1.29 is 14.3 Å². The van der Waals surface area contributed by atoms with Crippen LogP contribution in [-0.4, -0.2) is 11.2 Å². The van der Waals surface area contributed by atoms with Gasteiger partial charge in [0.2, 0.25) is 5.91 Å². The van der Waals surface area contributed by atoms with E-state index < -0.39 is 0 Å². The fourth-order valence-corrected chi connectivity index (χ4v) is 2.23. The molecule has 2 rings (SSSR count). The third-order valence-electron chi connectivity index (χ3n) is 2.58. The molecule has 1 amide bonds. The molecular weight excluding hydrogens is 286 g/mol. The molecule has 0 spiro atoms. The van der Waals surface area contributed by atoms with Crippen LogP contribution in [0.15, 0.2) is 59.5 Å². The highest BCUT2D eigenvalue weighted by atomic mass is 32.2. The monoisotopic (exact) mass is 301 g/mol. The van der Waals surface area contributed by atoms with Gasteiger partial charge in [0, 0.05) is 17.5 Å². The molecule has 0 aliphatic carbocycles. The molecule has 0 aromatic heterocycles. The van der Waals surface area contributed by atoms with Gasteiger partial charge in [0.1, 0.15) is 6.61 Å². The highest BCUT2D eigenvalue weighted by molar-refractivity contribution is 8.13. The number of ether oxygens (including phenoxy) is 1. The fourth-order valence-electron chi connectivity index (χ4n) is 1.65. The Hall–Kier alpha value is -2.27. The molecule has 5 heteroatoms. The molecule has 0 heterocycles. The number of thioether (sulfide) groups is 1. The molecule has 0 radical (unpaired) electrons. The summed E-state index contributed by atoms with van der Waals surface area (Å²) in [6.07, 6.45) is 0. The van der Waals surface area contributed by atoms with E-state index in [9.17, 15) is 9.59 Å². The van der Waals surface area contributed by atoms with E-state index in [0.717, 1.165) is 22.2 Å². The Morgan fingerprint density at radius 1 is 1.05 bits per heavy atom. The number of nitrogens with one attached hydrogen (secondary N) is 1. The van der Waals surface area contributed by atoms with Gasteiger partial charge in [0.05, 0.1) is 0 Å². The molecule has 1 N–H and O–H groups in total. The van der Waals surface area contributed by atoms with Gasteiger partial charge >= 0.3 is 5.30 Å². The molecule has 108 valence electrons. The van der Waals surface area contributed by atoms with E-state index in [2.05, 4.69) is 5.32 Å². The molecule has 0 aliphatic rings. The first-order valence-electron chi connectivity index (χ1n) is 6.39. The van der Waals surface area contributed by atoms with Crippen molar-refractivity contribution in [2.45, 2.75) is 18.4 Å². The van der Waals surface area contributed by atoms with Crippen LogP contribution in [0.1, 0.15) is 12.5 Å². The molecule has 0 bridgehead atoms. The number of hydrogen-bond donors (Lipinski definition) is 1. The summed E-state index contributed by atoms with van der Waals surface area (Å²) >= 11 is 1.02. The van der Waals surface area contributed by atoms with Crippen molar-refractivity contribution >= 4 is 28.7 Å². The number of carbonyl (C=O) groups is 2. The summed E-state index contributed by atoms with van der Waals surface area (Å²) in [7, 11) is 0. The number of carbonyl (C=O) groups excluding carboxylic acids is 2. The first-order valence-corrected chi connectivity index (χ1v) is 7.21. The van der Waals surface area contributed by atoms with E-state index in [0.29, 0.717) is 5.69 Å². The summed E-state index contributed by atoms with van der Waals surface area (Å²) in [4.78, 5) is 23.4. The number of hydrogen-bond acceptors (Lipinski definition) is 4. The van der Waals surface area contributed by atoms with E-state index in [1.807, 2.05) is 30.3 Å². The van der Waals surface area contributed by atoms with Crippen LogP contribution in [0.3, 0.4) is 0 Å². The van der Waals surface area contributed by atoms with Gasteiger partial charge in [-0.1, -0.05) is 30.3 Å². The summed E-state index contributed by atoms with van der Waals surface area (Å²) in [5.74, 6) is -0.127. The third-order valence-corrected chi connectivity index (χ3v) is 3.37. The number of benzene rings is 2. The van der Waals surface area contributed by atoms with Gasteiger partial charge in [-0.05, 0) is 41.6 Å². The SMILES string of the molecule is CC(=O)Nc1ccc(SC(=O)OCc2ccccc2)cc1. The topological polar surface area (TPSA) is 55.4 Å². The fraction of sp³-hybridized carbons (Fsp3) is 0.125. The highest BCUT2D eigenvalue weighted by Gasteiger charge is 2.06. The maximum atomic E-state index is 11.7. The quantitative estimate of drug-likeness (QED) is 0.683. The molecule has 2 aromatic carbocycles. The van der Waals surface area contributed by atoms with Crippen LogP contribution in [0.25, 0.3) is 0 Å². The van der Waals surface area contributed by atoms with E-state index in [4.69, 9.17) is 4.74 Å². The van der Waals surface area contributed by atoms with Crippen LogP contribution >= 0.6 is 11.8 Å². The van der Waals surface area contributed by atoms with Gasteiger partial charge in [-0.15, -0.1) is 0 Å². The van der Waals surface area contributed by atoms with E-state index >= 15 is 0 Å². The van der Waals surface area contributed by atoms with Gasteiger partial charge in [-0.2, -0.15) is 0 Å². The predicted octanol–water partition coefficient (Wildman–Crippen LogP) is 4.07. The summed E-state index contributed by atoms with van der Waals surface area (Å²) in [6, 6.07) is 16.5. The van der Waals surface area contributed by atoms with E-state index in [-0.39, 0.29) is 17.8 Å². The minimum atomic E-state index is -0.355. The average Bonchev–Trinajstić information content (AvgIpc) is 2.48. The van der Waals surface area contributed by atoms with Gasteiger partial charge in [-0.25, -0.2) is 4.79 Å². The van der Waals surface area contributed by atoms with Crippen LogP contribution < -0.4 is 5.32 Å². The van der Waals surface area contributed by atoms with Crippen molar-refractivity contribution in [1.29, 1.82) is 0 Å². The normalized spacial score (nSPS) is 9.95. The van der Waals surface area contributed by atoms with Crippen LogP contribution in [-0.2, 0) is 16.1 Å². The van der Waals surface area contributed by atoms with E-state index in [1.165, 1.54) is 6.92 Å². The Bertz CT molecular complexity index is 611. The second-order valence-electron chi connectivity index (χ2n) is 4.33. The molecule has 0 unspecified atom stereocenters. The van der Waals surface area contributed by atoms with Crippen LogP contribution in [0.4, 0.5) is 10.5 Å². The van der Waals surface area contributed by atoms with Crippen molar-refractivity contribution in [2.24, 2.45) is 0 Å². The lowest BCUT2D eigenvalue weighted by Crippen LogP contribution is -2.05. The van der Waals surface area contributed by atoms with Gasteiger partial charge in [0.25, 0.3) is 0 Å². The van der Waals surface area contributed by atoms with Gasteiger partial charge in [-0.3, -0.25) is 4.79 Å². The Labute approximate surface area is 127 Å². The minimum absolute atomic E-state index is 0.127. The zero-order valence-corrected chi connectivity index (χ0v) is 12.4. The maximum Gasteiger partial charge on any atom is 0.372 e. The molecule has 0 atom stereocenters. The molecule has 2 aromatic rings. The molecule has 0 saturated heterocycles. The maximum absolute atomic E-state index is 11.7. The number of amides is 1. The zero-order valence-electron chi connectivity index (χ0n) is 11.5. The Morgan fingerprint density at radius 3 is 2.33 bits per heavy atom. The van der Waals surface area contributed by atoms with Gasteiger partial charge < -0.3 is 10.1 Å². The average molecular weight is 301 g/mol. The molecular formula is C16H15NO3S. The lowest BCUT2D eigenvalue weighted by atomic mass is 10.2. The molecule has 0 saturated carbocycles. The van der Waals surface area contributed by atoms with Crippen molar-refractivity contribution in [3.05, 3.63) is 60.2 Å². The summed E-state index contributed by atoms with van der Waals surface area (Å²) < 4.78 is 5.18. The lowest BCUT2D eigenvalue weighted by molar-refractivity contribution is -0.114. The molecule has 21 heavy (non-hydrogen) atoms. The van der Waals surface area contributed by atoms with Crippen molar-refractivity contribution in [2.75, 3.05) is 5.32 Å². The van der Waals surface area contributed by atoms with Crippen LogP contribution in [0.5, 0.6) is 0 Å². The van der Waals surface area contributed by atoms with Crippen molar-refractivity contribution in [3.63, 3.8) is 0 Å². The second kappa shape index (κ2) is 7.50. The summed E-state index contributed by atoms with van der Waals surface area (Å²) in [5, 5.41) is 2.31. The molecule has 0 fully saturated rings. The Balaban J connectivity index is 1.83. The summed E-state index contributed by atoms with van der Waals surface area (Å²) in [5.41, 5.74) is 1.65. The van der Waals surface area contributed by atoms with Crippen molar-refractivity contribution in [1.82, 2.24) is 0 Å². The second-order valence-corrected chi connectivity index (χ2v) is 5.34. The minimum Gasteiger partial charge on any atom is -0.452 e. The van der Waals surface area contributed by atoms with Gasteiger partial charge in [0.15, 0.2) is 0 Å². The number of anilines is 1. The smallest absolute Gasteiger partial charge is 0.372 e. The predicted molar refractivity (Wildman–Crippen MR) is 83.2 cm³/mol. The number of rotatable bonds is 4. The van der Waals surface area contributed by atoms with Crippen LogP contribution in [0.2, 0.25) is 0 Å². The van der Waals surface area contributed by atoms with Crippen LogP contribution in [0, 0.1) is 0 Å². The third kappa shape index (κ3) is 5.31. The van der Waals surface area contributed by atoms with Crippen molar-refractivity contribution in [3.8, 4) is 0 Å². The first-order chi connectivity index (χ1) is 10.1. The summed E-state index contributed by atoms with van der Waals surface area (Å²) in [6.45, 7) is 1.71. The first kappa shape index (κ1) is 15.1. The molecule has 0 aliphatic heterocycles. The largest absolute Gasteiger partial charge is 0.452 e.